The minimum atomic E-state index is -0.945. The van der Waals surface area contributed by atoms with Crippen molar-refractivity contribution in [3.05, 3.63) is 58.6 Å². The fraction of sp³-hybridized carbons (Fsp3) is 0.250. The van der Waals surface area contributed by atoms with Crippen LogP contribution in [0.1, 0.15) is 18.7 Å². The van der Waals surface area contributed by atoms with E-state index in [1.807, 2.05) is 12.1 Å². The highest BCUT2D eigenvalue weighted by molar-refractivity contribution is 5.95. The zero-order chi connectivity index (χ0) is 24.4. The number of benzene rings is 2. The van der Waals surface area contributed by atoms with Crippen molar-refractivity contribution >= 4 is 22.5 Å². The lowest BCUT2D eigenvalue weighted by molar-refractivity contribution is -0.119. The van der Waals surface area contributed by atoms with Crippen molar-refractivity contribution in [2.75, 3.05) is 26.6 Å². The molecular weight excluding hydrogens is 440 g/mol. The number of carbonyl (C=O) groups excluding carboxylic acids is 1. The summed E-state index contributed by atoms with van der Waals surface area (Å²) in [7, 11) is 4.61. The van der Waals surface area contributed by atoms with Crippen LogP contribution in [0.5, 0.6) is 17.2 Å². The molecule has 1 atom stereocenters. The molecule has 176 valence electrons. The average molecular weight is 464 g/mol. The van der Waals surface area contributed by atoms with E-state index in [1.165, 1.54) is 14.2 Å². The summed E-state index contributed by atoms with van der Waals surface area (Å²) in [5.74, 6) is 1.69. The maximum absolute atomic E-state index is 13.1. The van der Waals surface area contributed by atoms with Gasteiger partial charge >= 0.3 is 0 Å². The molecule has 0 spiro atoms. The Bertz CT molecular complexity index is 1410. The zero-order valence-electron chi connectivity index (χ0n) is 19.4. The first-order valence-electron chi connectivity index (χ1n) is 10.4. The number of carbonyl (C=O) groups is 1. The molecule has 2 heterocycles. The number of nitrogens with zero attached hydrogens (tertiary/aromatic N) is 3. The molecule has 10 nitrogen and oxygen atoms in total. The van der Waals surface area contributed by atoms with E-state index in [0.717, 1.165) is 10.2 Å². The van der Waals surface area contributed by atoms with E-state index in [2.05, 4.69) is 15.6 Å². The Morgan fingerprint density at radius 1 is 1.03 bits per heavy atom. The van der Waals surface area contributed by atoms with Gasteiger partial charge in [0.05, 0.1) is 26.7 Å². The molecule has 0 aliphatic heterocycles. The van der Waals surface area contributed by atoms with Gasteiger partial charge in [0.25, 0.3) is 5.56 Å². The van der Waals surface area contributed by atoms with Gasteiger partial charge in [-0.3, -0.25) is 9.59 Å². The summed E-state index contributed by atoms with van der Waals surface area (Å²) in [5, 5.41) is 11.8. The molecular formula is C24H24N4O6. The van der Waals surface area contributed by atoms with Crippen LogP contribution in [-0.2, 0) is 4.79 Å². The van der Waals surface area contributed by atoms with Crippen molar-refractivity contribution in [1.82, 2.24) is 14.9 Å². The molecule has 0 unspecified atom stereocenters. The third kappa shape index (κ3) is 4.05. The first-order chi connectivity index (χ1) is 16.4. The van der Waals surface area contributed by atoms with Crippen LogP contribution in [0.4, 0.5) is 5.69 Å². The SMILES string of the molecule is COc1ccc(-c2nn([C@@H](C)C(=O)Nc3ccc(OC)c(OC)c3)c(=O)c3noc(C)c23)cc1. The van der Waals surface area contributed by atoms with Crippen LogP contribution >= 0.6 is 0 Å². The minimum absolute atomic E-state index is 0.101. The van der Waals surface area contributed by atoms with Crippen LogP contribution in [0, 0.1) is 6.92 Å². The third-order valence-corrected chi connectivity index (χ3v) is 5.48. The molecule has 1 amide bonds. The number of aryl methyl sites for hydroxylation is 1. The molecule has 0 radical (unpaired) electrons. The van der Waals surface area contributed by atoms with E-state index in [0.29, 0.717) is 39.8 Å². The van der Waals surface area contributed by atoms with Crippen molar-refractivity contribution in [2.45, 2.75) is 19.9 Å². The first-order valence-corrected chi connectivity index (χ1v) is 10.4. The molecule has 2 aromatic carbocycles. The van der Waals surface area contributed by atoms with E-state index in [-0.39, 0.29) is 5.52 Å². The molecule has 10 heteroatoms. The van der Waals surface area contributed by atoms with E-state index < -0.39 is 17.5 Å². The van der Waals surface area contributed by atoms with Gasteiger partial charge in [0, 0.05) is 17.3 Å². The Morgan fingerprint density at radius 2 is 1.74 bits per heavy atom. The smallest absolute Gasteiger partial charge is 0.297 e. The van der Waals surface area contributed by atoms with Crippen LogP contribution in [-0.4, -0.2) is 42.2 Å². The van der Waals surface area contributed by atoms with Gasteiger partial charge < -0.3 is 24.1 Å². The van der Waals surface area contributed by atoms with Crippen molar-refractivity contribution in [3.8, 4) is 28.5 Å². The second-order valence-corrected chi connectivity index (χ2v) is 7.52. The predicted molar refractivity (Wildman–Crippen MR) is 126 cm³/mol. The Hall–Kier alpha value is -4.34. The van der Waals surface area contributed by atoms with Gasteiger partial charge in [-0.25, -0.2) is 4.68 Å². The summed E-state index contributed by atoms with van der Waals surface area (Å²) in [4.78, 5) is 26.2. The van der Waals surface area contributed by atoms with Crippen LogP contribution in [0.25, 0.3) is 22.2 Å². The fourth-order valence-corrected chi connectivity index (χ4v) is 3.59. The monoisotopic (exact) mass is 464 g/mol. The normalized spacial score (nSPS) is 11.8. The Balaban J connectivity index is 1.74. The van der Waals surface area contributed by atoms with Crippen LogP contribution < -0.4 is 25.1 Å². The molecule has 4 aromatic rings. The van der Waals surface area contributed by atoms with Crippen LogP contribution in [0.2, 0.25) is 0 Å². The summed E-state index contributed by atoms with van der Waals surface area (Å²) in [6, 6.07) is 11.2. The lowest BCUT2D eigenvalue weighted by atomic mass is 10.1. The quantitative estimate of drug-likeness (QED) is 0.441. The van der Waals surface area contributed by atoms with Crippen LogP contribution in [0.3, 0.4) is 0 Å². The number of ether oxygens (including phenoxy) is 3. The summed E-state index contributed by atoms with van der Waals surface area (Å²) < 4.78 is 22.1. The summed E-state index contributed by atoms with van der Waals surface area (Å²) in [5.41, 5.74) is 1.25. The highest BCUT2D eigenvalue weighted by atomic mass is 16.5. The molecule has 0 bridgehead atoms. The molecule has 1 N–H and O–H groups in total. The molecule has 2 aromatic heterocycles. The number of anilines is 1. The van der Waals surface area contributed by atoms with Gasteiger partial charge in [-0.1, -0.05) is 5.16 Å². The van der Waals surface area contributed by atoms with Crippen molar-refractivity contribution in [2.24, 2.45) is 0 Å². The average Bonchev–Trinajstić information content (AvgIpc) is 3.26. The number of rotatable bonds is 7. The molecule has 4 rings (SSSR count). The largest absolute Gasteiger partial charge is 0.497 e. The van der Waals surface area contributed by atoms with E-state index in [4.69, 9.17) is 18.7 Å². The lowest BCUT2D eigenvalue weighted by Gasteiger charge is -2.16. The van der Waals surface area contributed by atoms with Crippen LogP contribution in [0.15, 0.2) is 51.8 Å². The highest BCUT2D eigenvalue weighted by Gasteiger charge is 2.24. The number of fused-ring (bicyclic) bond motifs is 1. The zero-order valence-corrected chi connectivity index (χ0v) is 19.4. The van der Waals surface area contributed by atoms with Gasteiger partial charge in [0.15, 0.2) is 17.0 Å². The number of methoxy groups -OCH3 is 3. The molecule has 34 heavy (non-hydrogen) atoms. The Morgan fingerprint density at radius 3 is 2.38 bits per heavy atom. The van der Waals surface area contributed by atoms with E-state index >= 15 is 0 Å². The molecule has 0 saturated carbocycles. The molecule has 0 aliphatic carbocycles. The Labute approximate surface area is 195 Å². The molecule has 0 saturated heterocycles. The van der Waals surface area contributed by atoms with Gasteiger partial charge in [-0.2, -0.15) is 5.10 Å². The maximum Gasteiger partial charge on any atom is 0.297 e. The van der Waals surface area contributed by atoms with Gasteiger partial charge in [0.2, 0.25) is 5.91 Å². The standard InChI is InChI=1S/C24H24N4O6/c1-13(23(29)25-16-8-11-18(32-4)19(12-16)33-5)28-24(30)22-20(14(2)34-27-22)21(26-28)15-6-9-17(31-3)10-7-15/h6-13H,1-5H3,(H,25,29)/t13-/m0/s1. The minimum Gasteiger partial charge on any atom is -0.497 e. The predicted octanol–water partition coefficient (Wildman–Crippen LogP) is 3.59. The second kappa shape index (κ2) is 9.26. The first kappa shape index (κ1) is 22.8. The number of hydrogen-bond acceptors (Lipinski definition) is 8. The molecule has 0 aliphatic rings. The van der Waals surface area contributed by atoms with Gasteiger partial charge in [0.1, 0.15) is 23.2 Å². The van der Waals surface area contributed by atoms with Crippen molar-refractivity contribution < 1.29 is 23.5 Å². The van der Waals surface area contributed by atoms with Gasteiger partial charge in [-0.05, 0) is 50.2 Å². The number of nitrogens with one attached hydrogen (secondary N) is 1. The van der Waals surface area contributed by atoms with E-state index in [1.54, 1.807) is 51.3 Å². The summed E-state index contributed by atoms with van der Waals surface area (Å²) in [6.45, 7) is 3.29. The molecule has 0 fully saturated rings. The van der Waals surface area contributed by atoms with E-state index in [9.17, 15) is 9.59 Å². The number of amides is 1. The summed E-state index contributed by atoms with van der Waals surface area (Å²) >= 11 is 0. The Kier molecular flexibility index (Phi) is 6.22. The number of aromatic nitrogens is 3. The second-order valence-electron chi connectivity index (χ2n) is 7.52. The number of hydrogen-bond donors (Lipinski definition) is 1. The fourth-order valence-electron chi connectivity index (χ4n) is 3.59. The van der Waals surface area contributed by atoms with Crippen molar-refractivity contribution in [3.63, 3.8) is 0 Å². The van der Waals surface area contributed by atoms with Gasteiger partial charge in [-0.15, -0.1) is 0 Å². The van der Waals surface area contributed by atoms with Crippen molar-refractivity contribution in [1.29, 1.82) is 0 Å². The highest BCUT2D eigenvalue weighted by Crippen LogP contribution is 2.31. The topological polar surface area (TPSA) is 118 Å². The summed E-state index contributed by atoms with van der Waals surface area (Å²) in [6.07, 6.45) is 0. The maximum atomic E-state index is 13.1. The lowest BCUT2D eigenvalue weighted by Crippen LogP contribution is -2.34. The third-order valence-electron chi connectivity index (χ3n) is 5.48.